The van der Waals surface area contributed by atoms with Crippen LogP contribution in [-0.2, 0) is 4.74 Å². The predicted molar refractivity (Wildman–Crippen MR) is 73.7 cm³/mol. The second-order valence-corrected chi connectivity index (χ2v) is 7.10. The maximum atomic E-state index is 11.9. The zero-order valence-corrected chi connectivity index (χ0v) is 12.4. The van der Waals surface area contributed by atoms with Gasteiger partial charge in [0.2, 0.25) is 0 Å². The Morgan fingerprint density at radius 2 is 2.24 bits per heavy atom. The van der Waals surface area contributed by atoms with Gasteiger partial charge in [-0.05, 0) is 46.8 Å². The van der Waals surface area contributed by atoms with Crippen LogP contribution in [0.1, 0.15) is 42.3 Å². The monoisotopic (exact) mass is 316 g/mol. The Labute approximate surface area is 114 Å². The summed E-state index contributed by atoms with van der Waals surface area (Å²) in [4.78, 5) is 12.7. The Balaban J connectivity index is 1.83. The first-order chi connectivity index (χ1) is 8.16. The lowest BCUT2D eigenvalue weighted by atomic mass is 9.88. The number of ketones is 1. The van der Waals surface area contributed by atoms with E-state index in [0.717, 1.165) is 15.1 Å². The smallest absolute Gasteiger partial charge is 0.198 e. The summed E-state index contributed by atoms with van der Waals surface area (Å²) in [5.74, 6) is 0.685. The first-order valence-corrected chi connectivity index (χ1v) is 7.68. The average Bonchev–Trinajstić information content (AvgIpc) is 2.74. The fraction of sp³-hybridized carbons (Fsp3) is 0.615. The molecule has 1 aliphatic rings. The van der Waals surface area contributed by atoms with Crippen LogP contribution in [0.25, 0.3) is 0 Å². The minimum absolute atomic E-state index is 0.0958. The molecule has 17 heavy (non-hydrogen) atoms. The normalized spacial score (nSPS) is 24.8. The maximum Gasteiger partial charge on any atom is 0.198 e. The standard InChI is InChI=1S/C13H17BrO2S/c1-9-4-2-3-5-11(9)16-8-10(15)12-6-7-13(14)17-12/h6-7,9,11H,2-5,8H2,1H3. The van der Waals surface area contributed by atoms with Crippen LogP contribution in [-0.4, -0.2) is 18.5 Å². The molecule has 0 spiro atoms. The molecule has 0 aromatic carbocycles. The molecule has 1 fully saturated rings. The van der Waals surface area contributed by atoms with E-state index in [1.165, 1.54) is 30.6 Å². The highest BCUT2D eigenvalue weighted by Crippen LogP contribution is 2.27. The van der Waals surface area contributed by atoms with Crippen LogP contribution in [0.2, 0.25) is 0 Å². The summed E-state index contributed by atoms with van der Waals surface area (Å²) in [5, 5.41) is 0. The molecule has 1 aromatic rings. The minimum atomic E-state index is 0.0958. The number of ether oxygens (including phenoxy) is 1. The number of rotatable bonds is 4. The fourth-order valence-electron chi connectivity index (χ4n) is 2.25. The molecule has 2 nitrogen and oxygen atoms in total. The summed E-state index contributed by atoms with van der Waals surface area (Å²) in [5.41, 5.74) is 0. The Hall–Kier alpha value is -0.190. The molecule has 2 atom stereocenters. The van der Waals surface area contributed by atoms with Gasteiger partial charge in [-0.2, -0.15) is 0 Å². The van der Waals surface area contributed by atoms with Gasteiger partial charge in [0.05, 0.1) is 14.8 Å². The number of carbonyl (C=O) groups excluding carboxylic acids is 1. The Morgan fingerprint density at radius 3 is 2.88 bits per heavy atom. The second-order valence-electron chi connectivity index (χ2n) is 4.64. The third kappa shape index (κ3) is 3.63. The molecular weight excluding hydrogens is 300 g/mol. The summed E-state index contributed by atoms with van der Waals surface area (Å²) < 4.78 is 6.75. The van der Waals surface area contributed by atoms with Gasteiger partial charge < -0.3 is 4.74 Å². The SMILES string of the molecule is CC1CCCCC1OCC(=O)c1ccc(Br)s1. The molecule has 94 valence electrons. The largest absolute Gasteiger partial charge is 0.370 e. The summed E-state index contributed by atoms with van der Waals surface area (Å²) in [6, 6.07) is 3.76. The van der Waals surface area contributed by atoms with Crippen LogP contribution in [0.3, 0.4) is 0 Å². The van der Waals surface area contributed by atoms with Crippen LogP contribution >= 0.6 is 27.3 Å². The van der Waals surface area contributed by atoms with Gasteiger partial charge in [-0.25, -0.2) is 0 Å². The molecule has 0 bridgehead atoms. The van der Waals surface area contributed by atoms with Gasteiger partial charge in [-0.15, -0.1) is 11.3 Å². The molecule has 1 heterocycles. The van der Waals surface area contributed by atoms with Crippen molar-refractivity contribution in [2.45, 2.75) is 38.7 Å². The van der Waals surface area contributed by atoms with Gasteiger partial charge in [0.25, 0.3) is 0 Å². The second kappa shape index (κ2) is 6.12. The Bertz CT molecular complexity index is 389. The molecular formula is C13H17BrO2S. The van der Waals surface area contributed by atoms with E-state index < -0.39 is 0 Å². The molecule has 4 heteroatoms. The van der Waals surface area contributed by atoms with E-state index in [1.54, 1.807) is 0 Å². The number of thiophene rings is 1. The van der Waals surface area contributed by atoms with E-state index in [-0.39, 0.29) is 18.5 Å². The van der Waals surface area contributed by atoms with Crippen molar-refractivity contribution in [3.63, 3.8) is 0 Å². The number of carbonyl (C=O) groups is 1. The van der Waals surface area contributed by atoms with Gasteiger partial charge in [0, 0.05) is 0 Å². The van der Waals surface area contributed by atoms with E-state index in [1.807, 2.05) is 12.1 Å². The van der Waals surface area contributed by atoms with Crippen LogP contribution < -0.4 is 0 Å². The highest BCUT2D eigenvalue weighted by molar-refractivity contribution is 9.11. The van der Waals surface area contributed by atoms with E-state index in [9.17, 15) is 4.79 Å². The van der Waals surface area contributed by atoms with Crippen molar-refractivity contribution in [1.29, 1.82) is 0 Å². The zero-order valence-electron chi connectivity index (χ0n) is 9.95. The average molecular weight is 317 g/mol. The lowest BCUT2D eigenvalue weighted by Crippen LogP contribution is -2.27. The molecule has 1 saturated carbocycles. The molecule has 0 N–H and O–H groups in total. The quantitative estimate of drug-likeness (QED) is 0.775. The predicted octanol–water partition coefficient (Wildman–Crippen LogP) is 4.29. The first-order valence-electron chi connectivity index (χ1n) is 6.07. The minimum Gasteiger partial charge on any atom is -0.370 e. The summed E-state index contributed by atoms with van der Waals surface area (Å²) in [7, 11) is 0. The van der Waals surface area contributed by atoms with Crippen molar-refractivity contribution < 1.29 is 9.53 Å². The highest BCUT2D eigenvalue weighted by atomic mass is 79.9. The molecule has 0 saturated heterocycles. The van der Waals surface area contributed by atoms with Crippen LogP contribution in [0, 0.1) is 5.92 Å². The highest BCUT2D eigenvalue weighted by Gasteiger charge is 2.23. The molecule has 0 aliphatic heterocycles. The number of Topliss-reactive ketones (excluding diaryl/α,β-unsaturated/α-hetero) is 1. The van der Waals surface area contributed by atoms with Crippen LogP contribution in [0.5, 0.6) is 0 Å². The molecule has 1 aliphatic carbocycles. The Morgan fingerprint density at radius 1 is 1.47 bits per heavy atom. The van der Waals surface area contributed by atoms with Gasteiger partial charge >= 0.3 is 0 Å². The zero-order chi connectivity index (χ0) is 12.3. The summed E-state index contributed by atoms with van der Waals surface area (Å²) in [6.07, 6.45) is 5.13. The van der Waals surface area contributed by atoms with Crippen LogP contribution in [0.15, 0.2) is 15.9 Å². The Kier molecular flexibility index (Phi) is 4.77. The van der Waals surface area contributed by atoms with Crippen LogP contribution in [0.4, 0.5) is 0 Å². The van der Waals surface area contributed by atoms with Gasteiger partial charge in [0.1, 0.15) is 6.61 Å². The lowest BCUT2D eigenvalue weighted by molar-refractivity contribution is 0.000897. The van der Waals surface area contributed by atoms with Crippen molar-refractivity contribution in [2.75, 3.05) is 6.61 Å². The van der Waals surface area contributed by atoms with E-state index in [4.69, 9.17) is 4.74 Å². The third-order valence-corrected chi connectivity index (χ3v) is 4.97. The lowest BCUT2D eigenvalue weighted by Gasteiger charge is -2.28. The summed E-state index contributed by atoms with van der Waals surface area (Å²) in [6.45, 7) is 2.44. The van der Waals surface area contributed by atoms with E-state index in [2.05, 4.69) is 22.9 Å². The van der Waals surface area contributed by atoms with Crippen molar-refractivity contribution in [2.24, 2.45) is 5.92 Å². The fourth-order valence-corrected chi connectivity index (χ4v) is 3.56. The van der Waals surface area contributed by atoms with Gasteiger partial charge in [0.15, 0.2) is 5.78 Å². The van der Waals surface area contributed by atoms with Crippen molar-refractivity contribution in [3.8, 4) is 0 Å². The van der Waals surface area contributed by atoms with Crippen molar-refractivity contribution in [1.82, 2.24) is 0 Å². The number of hydrogen-bond donors (Lipinski definition) is 0. The topological polar surface area (TPSA) is 26.3 Å². The van der Waals surface area contributed by atoms with Crippen molar-refractivity contribution in [3.05, 3.63) is 20.8 Å². The van der Waals surface area contributed by atoms with E-state index in [0.29, 0.717) is 5.92 Å². The molecule has 2 rings (SSSR count). The summed E-state index contributed by atoms with van der Waals surface area (Å²) >= 11 is 4.83. The maximum absolute atomic E-state index is 11.9. The molecule has 0 amide bonds. The molecule has 2 unspecified atom stereocenters. The number of hydrogen-bond acceptors (Lipinski definition) is 3. The van der Waals surface area contributed by atoms with Gasteiger partial charge in [-0.3, -0.25) is 4.79 Å². The van der Waals surface area contributed by atoms with Gasteiger partial charge in [-0.1, -0.05) is 19.8 Å². The molecule has 1 aromatic heterocycles. The van der Waals surface area contributed by atoms with Crippen molar-refractivity contribution >= 4 is 33.0 Å². The number of halogens is 1. The third-order valence-electron chi connectivity index (χ3n) is 3.31. The van der Waals surface area contributed by atoms with E-state index >= 15 is 0 Å². The molecule has 0 radical (unpaired) electrons. The first kappa shape index (κ1) is 13.2.